The number of aromatic nitrogens is 2. The van der Waals surface area contributed by atoms with Crippen LogP contribution in [0.2, 0.25) is 0 Å². The number of amides is 2. The van der Waals surface area contributed by atoms with Crippen LogP contribution in [-0.4, -0.2) is 28.4 Å². The lowest BCUT2D eigenvalue weighted by atomic mass is 10.2. The highest BCUT2D eigenvalue weighted by Crippen LogP contribution is 2.12. The van der Waals surface area contributed by atoms with E-state index in [4.69, 9.17) is 0 Å². The highest BCUT2D eigenvalue weighted by atomic mass is 16.2. The molecule has 0 aliphatic rings. The van der Waals surface area contributed by atoms with E-state index in [1.807, 2.05) is 49.4 Å². The van der Waals surface area contributed by atoms with Gasteiger partial charge in [-0.2, -0.15) is 0 Å². The maximum Gasteiger partial charge on any atom is 0.253 e. The molecule has 0 aliphatic carbocycles. The minimum atomic E-state index is -0.353. The quantitative estimate of drug-likeness (QED) is 0.700. The smallest absolute Gasteiger partial charge is 0.253 e. The zero-order valence-corrected chi connectivity index (χ0v) is 16.3. The van der Waals surface area contributed by atoms with Crippen LogP contribution in [0.25, 0.3) is 0 Å². The lowest BCUT2D eigenvalue weighted by Crippen LogP contribution is -2.34. The van der Waals surface area contributed by atoms with Gasteiger partial charge >= 0.3 is 0 Å². The lowest BCUT2D eigenvalue weighted by molar-refractivity contribution is -0.118. The first kappa shape index (κ1) is 20.0. The van der Waals surface area contributed by atoms with E-state index >= 15 is 0 Å². The molecule has 0 saturated heterocycles. The molecule has 0 bridgehead atoms. The van der Waals surface area contributed by atoms with Crippen LogP contribution in [0.3, 0.4) is 0 Å². The largest absolute Gasteiger partial charge is 0.344 e. The second-order valence-corrected chi connectivity index (χ2v) is 6.62. The number of para-hydroxylation sites is 1. The Bertz CT molecular complexity index is 1050. The highest BCUT2D eigenvalue weighted by molar-refractivity contribution is 5.95. The van der Waals surface area contributed by atoms with Crippen LogP contribution < -0.4 is 15.8 Å². The van der Waals surface area contributed by atoms with Gasteiger partial charge in [0.2, 0.25) is 5.91 Å². The fourth-order valence-corrected chi connectivity index (χ4v) is 2.82. The molecule has 3 rings (SSSR count). The SMILES string of the molecule is CC(NC(=O)c1ccc(=O)n(CC(=O)N(C)c2ccccc2)c1)c1ccccn1. The summed E-state index contributed by atoms with van der Waals surface area (Å²) < 4.78 is 1.24. The highest BCUT2D eigenvalue weighted by Gasteiger charge is 2.16. The number of carbonyl (C=O) groups excluding carboxylic acids is 2. The summed E-state index contributed by atoms with van der Waals surface area (Å²) in [6, 6.07) is 17.1. The molecular weight excluding hydrogens is 368 g/mol. The van der Waals surface area contributed by atoms with Crippen molar-refractivity contribution in [3.8, 4) is 0 Å². The molecule has 29 heavy (non-hydrogen) atoms. The van der Waals surface area contributed by atoms with E-state index in [1.165, 1.54) is 27.8 Å². The van der Waals surface area contributed by atoms with Crippen LogP contribution in [0.1, 0.15) is 29.0 Å². The van der Waals surface area contributed by atoms with Crippen molar-refractivity contribution in [2.24, 2.45) is 0 Å². The molecule has 1 N–H and O–H groups in total. The number of likely N-dealkylation sites (N-methyl/N-ethyl adjacent to an activating group) is 1. The van der Waals surface area contributed by atoms with E-state index in [1.54, 1.807) is 19.3 Å². The summed E-state index contributed by atoms with van der Waals surface area (Å²) in [4.78, 5) is 43.0. The van der Waals surface area contributed by atoms with E-state index in [-0.39, 0.29) is 30.0 Å². The van der Waals surface area contributed by atoms with Gasteiger partial charge in [-0.05, 0) is 37.3 Å². The summed E-state index contributed by atoms with van der Waals surface area (Å²) in [6.45, 7) is 1.66. The molecule has 0 saturated carbocycles. The van der Waals surface area contributed by atoms with Gasteiger partial charge in [0, 0.05) is 31.2 Å². The Morgan fingerprint density at radius 3 is 2.48 bits per heavy atom. The second-order valence-electron chi connectivity index (χ2n) is 6.62. The average Bonchev–Trinajstić information content (AvgIpc) is 2.75. The van der Waals surface area contributed by atoms with Gasteiger partial charge in [0.25, 0.3) is 11.5 Å². The zero-order chi connectivity index (χ0) is 20.8. The van der Waals surface area contributed by atoms with Gasteiger partial charge in [-0.15, -0.1) is 0 Å². The van der Waals surface area contributed by atoms with Crippen LogP contribution in [0.15, 0.2) is 77.9 Å². The Morgan fingerprint density at radius 1 is 1.07 bits per heavy atom. The number of hydrogen-bond donors (Lipinski definition) is 1. The zero-order valence-electron chi connectivity index (χ0n) is 16.3. The predicted octanol–water partition coefficient (Wildman–Crippen LogP) is 2.40. The molecule has 3 aromatic rings. The van der Waals surface area contributed by atoms with Crippen molar-refractivity contribution in [1.82, 2.24) is 14.9 Å². The molecule has 0 spiro atoms. The molecule has 1 atom stereocenters. The molecule has 148 valence electrons. The monoisotopic (exact) mass is 390 g/mol. The van der Waals surface area contributed by atoms with Crippen LogP contribution in [-0.2, 0) is 11.3 Å². The summed E-state index contributed by atoms with van der Waals surface area (Å²) in [5.41, 5.74) is 1.40. The Hall–Kier alpha value is -3.74. The molecule has 7 nitrogen and oxygen atoms in total. The molecule has 0 aliphatic heterocycles. The average molecular weight is 390 g/mol. The number of nitrogens with zero attached hydrogens (tertiary/aromatic N) is 3. The van der Waals surface area contributed by atoms with Gasteiger partial charge in [-0.25, -0.2) is 0 Å². The molecule has 2 heterocycles. The van der Waals surface area contributed by atoms with Gasteiger partial charge in [0.05, 0.1) is 17.3 Å². The van der Waals surface area contributed by atoms with Gasteiger partial charge in [-0.1, -0.05) is 24.3 Å². The van der Waals surface area contributed by atoms with E-state index in [9.17, 15) is 14.4 Å². The molecule has 7 heteroatoms. The Morgan fingerprint density at radius 2 is 1.79 bits per heavy atom. The predicted molar refractivity (Wildman–Crippen MR) is 111 cm³/mol. The molecule has 0 fully saturated rings. The summed E-state index contributed by atoms with van der Waals surface area (Å²) in [7, 11) is 1.65. The van der Waals surface area contributed by atoms with Gasteiger partial charge in [0.15, 0.2) is 0 Å². The number of rotatable bonds is 6. The van der Waals surface area contributed by atoms with Crippen LogP contribution >= 0.6 is 0 Å². The lowest BCUT2D eigenvalue weighted by Gasteiger charge is -2.18. The van der Waals surface area contributed by atoms with Crippen LogP contribution in [0.4, 0.5) is 5.69 Å². The van der Waals surface area contributed by atoms with Crippen molar-refractivity contribution in [3.63, 3.8) is 0 Å². The number of carbonyl (C=O) groups is 2. The van der Waals surface area contributed by atoms with Crippen molar-refractivity contribution >= 4 is 17.5 Å². The number of anilines is 1. The Balaban J connectivity index is 1.73. The molecular formula is C22H22N4O3. The molecule has 2 amide bonds. The molecule has 0 radical (unpaired) electrons. The summed E-state index contributed by atoms with van der Waals surface area (Å²) >= 11 is 0. The maximum absolute atomic E-state index is 12.6. The number of hydrogen-bond acceptors (Lipinski definition) is 4. The fraction of sp³-hybridized carbons (Fsp3) is 0.182. The van der Waals surface area contributed by atoms with E-state index < -0.39 is 0 Å². The molecule has 1 aromatic carbocycles. The minimum Gasteiger partial charge on any atom is -0.344 e. The number of benzene rings is 1. The normalized spacial score (nSPS) is 11.5. The summed E-state index contributed by atoms with van der Waals surface area (Å²) in [5, 5.41) is 2.85. The summed E-state index contributed by atoms with van der Waals surface area (Å²) in [6.07, 6.45) is 3.06. The number of pyridine rings is 2. The third-order valence-electron chi connectivity index (χ3n) is 4.55. The van der Waals surface area contributed by atoms with E-state index in [0.717, 1.165) is 11.4 Å². The van der Waals surface area contributed by atoms with Gasteiger partial charge in [0.1, 0.15) is 6.54 Å². The maximum atomic E-state index is 12.6. The Kier molecular flexibility index (Phi) is 6.19. The first-order valence-corrected chi connectivity index (χ1v) is 9.19. The van der Waals surface area contributed by atoms with E-state index in [2.05, 4.69) is 10.3 Å². The van der Waals surface area contributed by atoms with Crippen LogP contribution in [0.5, 0.6) is 0 Å². The van der Waals surface area contributed by atoms with Gasteiger partial charge in [-0.3, -0.25) is 19.4 Å². The summed E-state index contributed by atoms with van der Waals surface area (Å²) in [5.74, 6) is -0.613. The third-order valence-corrected chi connectivity index (χ3v) is 4.55. The van der Waals surface area contributed by atoms with E-state index in [0.29, 0.717) is 5.56 Å². The number of nitrogens with one attached hydrogen (secondary N) is 1. The Labute approximate surface area is 168 Å². The van der Waals surface area contributed by atoms with Crippen molar-refractivity contribution in [2.45, 2.75) is 19.5 Å². The van der Waals surface area contributed by atoms with Crippen LogP contribution in [0, 0.1) is 0 Å². The van der Waals surface area contributed by atoms with Crippen molar-refractivity contribution in [3.05, 3.63) is 94.7 Å². The van der Waals surface area contributed by atoms with Crippen molar-refractivity contribution < 1.29 is 9.59 Å². The van der Waals surface area contributed by atoms with Crippen molar-refractivity contribution in [2.75, 3.05) is 11.9 Å². The third kappa shape index (κ3) is 4.95. The first-order chi connectivity index (χ1) is 14.0. The fourth-order valence-electron chi connectivity index (χ4n) is 2.82. The standard InChI is InChI=1S/C22H22N4O3/c1-16(19-10-6-7-13-23-19)24-22(29)17-11-12-20(27)26(14-17)15-21(28)25(2)18-8-4-3-5-9-18/h3-14,16H,15H2,1-2H3,(H,24,29). The second kappa shape index (κ2) is 8.97. The van der Waals surface area contributed by atoms with Crippen molar-refractivity contribution in [1.29, 1.82) is 0 Å². The topological polar surface area (TPSA) is 84.3 Å². The van der Waals surface area contributed by atoms with Gasteiger partial charge < -0.3 is 14.8 Å². The molecule has 1 unspecified atom stereocenters. The molecule has 2 aromatic heterocycles. The minimum absolute atomic E-state index is 0.166. The first-order valence-electron chi connectivity index (χ1n) is 9.19.